The Morgan fingerprint density at radius 1 is 0.952 bits per heavy atom. The van der Waals surface area contributed by atoms with Gasteiger partial charge in [0, 0.05) is 0 Å². The summed E-state index contributed by atoms with van der Waals surface area (Å²) in [5, 5.41) is 0.739. The lowest BCUT2D eigenvalue weighted by atomic mass is 10.1. The summed E-state index contributed by atoms with van der Waals surface area (Å²) in [6.45, 7) is 0. The Morgan fingerprint density at radius 2 is 1.62 bits per heavy atom. The Kier molecular flexibility index (Phi) is 4.84. The van der Waals surface area contributed by atoms with Gasteiger partial charge in [-0.3, -0.25) is 9.11 Å². The summed E-state index contributed by atoms with van der Waals surface area (Å²) in [5.74, 6) is -0.00555. The van der Waals surface area contributed by atoms with Crippen LogP contribution in [0.2, 0.25) is 0 Å². The summed E-state index contributed by atoms with van der Waals surface area (Å²) in [6.07, 6.45) is 0. The quantitative estimate of drug-likeness (QED) is 0.408. The van der Waals surface area contributed by atoms with Crippen molar-refractivity contribution in [2.45, 2.75) is 9.79 Å². The van der Waals surface area contributed by atoms with E-state index in [2.05, 4.69) is 0 Å². The molecule has 0 aliphatic carbocycles. The van der Waals surface area contributed by atoms with Crippen molar-refractivity contribution in [3.8, 4) is 5.75 Å². The fourth-order valence-electron chi connectivity index (χ4n) is 1.74. The predicted molar refractivity (Wildman–Crippen MR) is 84.0 cm³/mol. The lowest BCUT2D eigenvalue weighted by Gasteiger charge is -2.11. The highest BCUT2D eigenvalue weighted by Crippen LogP contribution is 2.31. The van der Waals surface area contributed by atoms with Gasteiger partial charge in [0.1, 0.15) is 10.6 Å². The zero-order chi connectivity index (χ0) is 15.8. The van der Waals surface area contributed by atoms with Gasteiger partial charge in [-0.05, 0) is 35.0 Å². The zero-order valence-electron chi connectivity index (χ0n) is 10.1. The Labute approximate surface area is 138 Å². The molecule has 0 atom stereocenters. The molecule has 11 heteroatoms. The van der Waals surface area contributed by atoms with Crippen molar-refractivity contribution in [2.24, 2.45) is 0 Å². The third-order valence-corrected chi connectivity index (χ3v) is 5.45. The van der Waals surface area contributed by atoms with Gasteiger partial charge < -0.3 is 3.79 Å². The third-order valence-electron chi connectivity index (χ3n) is 2.62. The van der Waals surface area contributed by atoms with E-state index >= 15 is 0 Å². The average molecular weight is 457 g/mol. The number of fused-ring (bicyclic) bond motifs is 1. The fraction of sp³-hybridized carbons (Fsp3) is 0. The molecule has 0 heterocycles. The summed E-state index contributed by atoms with van der Waals surface area (Å²) in [7, 11) is -8.93. The molecule has 1 radical (unpaired) electrons. The van der Waals surface area contributed by atoms with Crippen molar-refractivity contribution < 1.29 is 29.7 Å². The van der Waals surface area contributed by atoms with Crippen LogP contribution in [0.25, 0.3) is 10.8 Å². The molecule has 0 aliphatic heterocycles. The highest BCUT2D eigenvalue weighted by Gasteiger charge is 2.19. The van der Waals surface area contributed by atoms with E-state index in [1.165, 1.54) is 18.2 Å². The van der Waals surface area contributed by atoms with Crippen molar-refractivity contribution in [1.82, 2.24) is 0 Å². The predicted octanol–water partition coefficient (Wildman–Crippen LogP) is 1.68. The van der Waals surface area contributed by atoms with Crippen molar-refractivity contribution in [3.63, 3.8) is 0 Å². The first-order valence-corrected chi connectivity index (χ1v) is 12.8. The van der Waals surface area contributed by atoms with Crippen LogP contribution in [0.15, 0.2) is 40.1 Å². The van der Waals surface area contributed by atoms with Crippen molar-refractivity contribution >= 4 is 63.6 Å². The maximum absolute atomic E-state index is 11.4. The number of hydrogen-bond donors (Lipinski definition) is 2. The smallest absolute Gasteiger partial charge is 0.625 e. The van der Waals surface area contributed by atoms with E-state index in [1.54, 1.807) is 0 Å². The van der Waals surface area contributed by atoms with Crippen molar-refractivity contribution in [3.05, 3.63) is 30.3 Å². The standard InChI is InChI=1S/C10H8O7S2.Al.HI/c11-9-4-6-1-2-8(18(12,13)14)3-7(6)5-10(9)19(15,16)17;;/h1-5,11H,(H,12,13,14)(H,15,16,17);;1H/q;+2;/p-2. The van der Waals surface area contributed by atoms with Crippen LogP contribution in [-0.4, -0.2) is 38.2 Å². The molecule has 21 heavy (non-hydrogen) atoms. The molecule has 2 aromatic carbocycles. The molecule has 0 saturated carbocycles. The monoisotopic (exact) mass is 457 g/mol. The Balaban J connectivity index is 2.79. The minimum atomic E-state index is -4.52. The average Bonchev–Trinajstić information content (AvgIpc) is 2.35. The molecular formula is C10H7AlIO7S2. The van der Waals surface area contributed by atoms with Gasteiger partial charge in [0.15, 0.2) is 0 Å². The SMILES string of the molecule is O=S(=O)(O)c1ccc2cc([O][Al][I])c(S(=O)(=O)O)cc2c1. The second kappa shape index (κ2) is 6.00. The van der Waals surface area contributed by atoms with E-state index in [0.29, 0.717) is 5.39 Å². The third kappa shape index (κ3) is 3.86. The van der Waals surface area contributed by atoms with Crippen LogP contribution in [0.4, 0.5) is 0 Å². The second-order valence-corrected chi connectivity index (χ2v) is 8.72. The van der Waals surface area contributed by atoms with Gasteiger partial charge in [-0.1, -0.05) is 6.07 Å². The van der Waals surface area contributed by atoms with Crippen LogP contribution >= 0.6 is 20.3 Å². The number of benzene rings is 2. The first kappa shape index (κ1) is 16.9. The molecule has 0 aliphatic rings. The largest absolute Gasteiger partial charge is 0.639 e. The summed E-state index contributed by atoms with van der Waals surface area (Å²) in [5.41, 5.74) is 0. The maximum Gasteiger partial charge on any atom is 0.625 e. The molecular weight excluding hydrogens is 450 g/mol. The Morgan fingerprint density at radius 3 is 2.14 bits per heavy atom. The van der Waals surface area contributed by atoms with Crippen LogP contribution < -0.4 is 3.79 Å². The lowest BCUT2D eigenvalue weighted by Crippen LogP contribution is -2.04. The number of halogens is 1. The second-order valence-electron chi connectivity index (χ2n) is 3.96. The molecule has 0 saturated heterocycles. The van der Waals surface area contributed by atoms with Crippen molar-refractivity contribution in [1.29, 1.82) is 0 Å². The van der Waals surface area contributed by atoms with E-state index in [4.69, 9.17) is 8.34 Å². The van der Waals surface area contributed by atoms with E-state index in [9.17, 15) is 21.4 Å². The van der Waals surface area contributed by atoms with E-state index in [-0.39, 0.29) is 16.0 Å². The molecule has 0 spiro atoms. The van der Waals surface area contributed by atoms with Gasteiger partial charge in [0.05, 0.1) is 4.90 Å². The number of hydrogen-bond acceptors (Lipinski definition) is 5. The molecule has 2 N–H and O–H groups in total. The lowest BCUT2D eigenvalue weighted by molar-refractivity contribution is 0.477. The summed E-state index contributed by atoms with van der Waals surface area (Å²) in [4.78, 5) is -0.823. The van der Waals surface area contributed by atoms with E-state index in [1.807, 2.05) is 20.3 Å². The highest BCUT2D eigenvalue weighted by atomic mass is 127. The molecule has 2 aromatic rings. The van der Waals surface area contributed by atoms with Gasteiger partial charge >= 0.3 is 12.3 Å². The maximum atomic E-state index is 11.4. The summed E-state index contributed by atoms with van der Waals surface area (Å²) in [6, 6.07) is 6.19. The molecule has 111 valence electrons. The van der Waals surface area contributed by atoms with Gasteiger partial charge in [-0.2, -0.15) is 37.1 Å². The van der Waals surface area contributed by atoms with E-state index in [0.717, 1.165) is 12.1 Å². The molecule has 0 amide bonds. The van der Waals surface area contributed by atoms with Crippen LogP contribution in [0.5, 0.6) is 5.75 Å². The van der Waals surface area contributed by atoms with Crippen LogP contribution in [-0.2, 0) is 20.2 Å². The van der Waals surface area contributed by atoms with Gasteiger partial charge in [0.25, 0.3) is 20.2 Å². The molecule has 0 aromatic heterocycles. The van der Waals surface area contributed by atoms with Crippen molar-refractivity contribution in [2.75, 3.05) is 0 Å². The summed E-state index contributed by atoms with van der Waals surface area (Å²) >= 11 is 1.41. The minimum Gasteiger partial charge on any atom is -0.639 e. The van der Waals surface area contributed by atoms with Crippen LogP contribution in [0.1, 0.15) is 0 Å². The topological polar surface area (TPSA) is 118 Å². The first-order valence-electron chi connectivity index (χ1n) is 5.24. The van der Waals surface area contributed by atoms with Crippen LogP contribution in [0, 0.1) is 0 Å². The Bertz CT molecular complexity index is 908. The molecule has 0 unspecified atom stereocenters. The molecule has 0 bridgehead atoms. The minimum absolute atomic E-state index is 0.00555. The summed E-state index contributed by atoms with van der Waals surface area (Å²) < 4.78 is 68.4. The molecule has 7 nitrogen and oxygen atoms in total. The highest BCUT2D eigenvalue weighted by molar-refractivity contribution is 14.1. The zero-order valence-corrected chi connectivity index (χ0v) is 15.0. The Hall–Kier alpha value is -0.418. The number of rotatable bonds is 4. The van der Waals surface area contributed by atoms with Gasteiger partial charge in [0.2, 0.25) is 0 Å². The fourth-order valence-corrected chi connectivity index (χ4v) is 4.09. The molecule has 0 fully saturated rings. The normalized spacial score (nSPS) is 12.3. The van der Waals surface area contributed by atoms with E-state index < -0.39 is 37.4 Å². The van der Waals surface area contributed by atoms with Gasteiger partial charge in [-0.15, -0.1) is 0 Å². The first-order chi connectivity index (χ1) is 9.63. The molecule has 2 rings (SSSR count). The van der Waals surface area contributed by atoms with Crippen LogP contribution in [0.3, 0.4) is 0 Å². The van der Waals surface area contributed by atoms with Gasteiger partial charge in [-0.25, -0.2) is 0 Å².